The zero-order chi connectivity index (χ0) is 4.83. The molecule has 0 aromatic rings. The van der Waals surface area contributed by atoms with Gasteiger partial charge in [-0.3, -0.25) is 0 Å². The van der Waals surface area contributed by atoms with Gasteiger partial charge in [-0.25, -0.2) is 0 Å². The molecule has 0 aromatic heterocycles. The summed E-state index contributed by atoms with van der Waals surface area (Å²) in [5.41, 5.74) is 0. The minimum atomic E-state index is 0.733. The molecule has 0 spiro atoms. The van der Waals surface area contributed by atoms with Gasteiger partial charge in [0.2, 0.25) is 0 Å². The van der Waals surface area contributed by atoms with Crippen LogP contribution in [0.15, 0.2) is 0 Å². The van der Waals surface area contributed by atoms with E-state index in [1.54, 1.807) is 0 Å². The Kier molecular flexibility index (Phi) is 4.76. The summed E-state index contributed by atoms with van der Waals surface area (Å²) >= 11 is 0. The van der Waals surface area contributed by atoms with Gasteiger partial charge in [-0.2, -0.15) is 0 Å². The maximum absolute atomic E-state index is 9.56. The first-order chi connectivity index (χ1) is 2.91. The van der Waals surface area contributed by atoms with Crippen molar-refractivity contribution in [2.24, 2.45) is 0 Å². The van der Waals surface area contributed by atoms with Crippen LogP contribution in [0.2, 0.25) is 6.32 Å². The molecule has 0 radical (unpaired) electrons. The van der Waals surface area contributed by atoms with Crippen LogP contribution in [0.4, 0.5) is 0 Å². The quantitative estimate of drug-likeness (QED) is 0.216. The Morgan fingerprint density at radius 1 is 1.83 bits per heavy atom. The molecule has 0 unspecified atom stereocenters. The van der Waals surface area contributed by atoms with E-state index in [4.69, 9.17) is 0 Å². The maximum atomic E-state index is 9.56. The third kappa shape index (κ3) is 3.86. The number of carbonyl (C=O) groups excluding carboxylic acids is 1. The first-order valence-corrected chi connectivity index (χ1v) is 2.35. The summed E-state index contributed by atoms with van der Waals surface area (Å²) in [5, 5.41) is 0. The van der Waals surface area contributed by atoms with Crippen molar-refractivity contribution in [3.63, 3.8) is 0 Å². The van der Waals surface area contributed by atoms with Gasteiger partial charge in [0.25, 0.3) is 0 Å². The first-order valence-electron chi connectivity index (χ1n) is 2.35. The molecule has 0 N–H and O–H groups in total. The van der Waals surface area contributed by atoms with Crippen LogP contribution < -0.4 is 0 Å². The minimum absolute atomic E-state index is 0.733. The average Bonchev–Trinajstić information content (AvgIpc) is 1.61. The standard InChI is InChI=1S/C2H7B3O/c3-5-4-1-2-6/h2,4-5H,1,3H2. The van der Waals surface area contributed by atoms with Gasteiger partial charge >= 0.3 is 0 Å². The maximum Gasteiger partial charge on any atom is 0.111 e. The van der Waals surface area contributed by atoms with Gasteiger partial charge in [0.15, 0.2) is 0 Å². The molecule has 0 saturated heterocycles. The largest absolute Gasteiger partial charge is 0.304 e. The van der Waals surface area contributed by atoms with E-state index in [1.807, 2.05) is 0 Å². The van der Waals surface area contributed by atoms with Crippen LogP contribution >= 0.6 is 0 Å². The number of hydrogen-bond donors (Lipinski definition) is 0. The fraction of sp³-hybridized carbons (Fsp3) is 0.500. The van der Waals surface area contributed by atoms with Crippen LogP contribution in [-0.2, 0) is 4.79 Å². The van der Waals surface area contributed by atoms with Crippen LogP contribution in [0.1, 0.15) is 0 Å². The van der Waals surface area contributed by atoms with E-state index >= 15 is 0 Å². The fourth-order valence-electron chi connectivity index (χ4n) is 0.287. The van der Waals surface area contributed by atoms with Gasteiger partial charge in [0.05, 0.1) is 22.0 Å². The molecule has 0 fully saturated rings. The number of aldehydes is 1. The molecule has 0 amide bonds. The van der Waals surface area contributed by atoms with Crippen molar-refractivity contribution < 1.29 is 4.79 Å². The normalized spacial score (nSPS) is 6.67. The van der Waals surface area contributed by atoms with E-state index in [9.17, 15) is 4.79 Å². The smallest absolute Gasteiger partial charge is 0.111 e. The lowest BCUT2D eigenvalue weighted by molar-refractivity contribution is -0.106. The summed E-state index contributed by atoms with van der Waals surface area (Å²) in [6, 6.07) is 0. The van der Waals surface area contributed by atoms with Crippen molar-refractivity contribution in [2.75, 3.05) is 0 Å². The molecule has 6 heavy (non-hydrogen) atoms. The minimum Gasteiger partial charge on any atom is -0.304 e. The summed E-state index contributed by atoms with van der Waals surface area (Å²) in [4.78, 5) is 9.56. The monoisotopic (exact) mass is 80.1 g/mol. The number of rotatable bonds is 3. The van der Waals surface area contributed by atoms with Crippen LogP contribution in [0, 0.1) is 0 Å². The Bertz CT molecular complexity index is 37.8. The first kappa shape index (κ1) is 5.86. The van der Waals surface area contributed by atoms with Crippen molar-refractivity contribution in [3.8, 4) is 0 Å². The Hall–Kier alpha value is -0.135. The van der Waals surface area contributed by atoms with Crippen LogP contribution in [-0.4, -0.2) is 28.3 Å². The molecule has 0 aliphatic rings. The van der Waals surface area contributed by atoms with Gasteiger partial charge in [0.1, 0.15) is 6.29 Å². The SMILES string of the molecule is BBBCC=O. The summed E-state index contributed by atoms with van der Waals surface area (Å²) in [6.07, 6.45) is 1.69. The molecule has 0 saturated carbocycles. The third-order valence-corrected chi connectivity index (χ3v) is 0.676. The van der Waals surface area contributed by atoms with Gasteiger partial charge in [-0.05, 0) is 6.32 Å². The predicted molar refractivity (Wildman–Crippen MR) is 33.7 cm³/mol. The van der Waals surface area contributed by atoms with E-state index < -0.39 is 0 Å². The molecule has 0 rings (SSSR count). The highest BCUT2D eigenvalue weighted by atomic mass is 16.1. The molecular weight excluding hydrogens is 72.5 g/mol. The Morgan fingerprint density at radius 3 is 2.67 bits per heavy atom. The lowest BCUT2D eigenvalue weighted by Crippen LogP contribution is -2.01. The van der Waals surface area contributed by atoms with Crippen molar-refractivity contribution in [1.82, 2.24) is 0 Å². The second kappa shape index (κ2) is 4.86. The average molecular weight is 79.5 g/mol. The van der Waals surface area contributed by atoms with Gasteiger partial charge < -0.3 is 4.79 Å². The van der Waals surface area contributed by atoms with Crippen LogP contribution in [0.3, 0.4) is 0 Å². The van der Waals surface area contributed by atoms with E-state index in [0.717, 1.165) is 26.8 Å². The second-order valence-electron chi connectivity index (χ2n) is 1.31. The van der Waals surface area contributed by atoms with E-state index in [1.165, 1.54) is 0 Å². The van der Waals surface area contributed by atoms with Gasteiger partial charge in [0, 0.05) is 0 Å². The summed E-state index contributed by atoms with van der Waals surface area (Å²) in [7, 11) is 4.24. The number of hydrogen-bond acceptors (Lipinski definition) is 1. The van der Waals surface area contributed by atoms with Crippen molar-refractivity contribution >= 4 is 28.3 Å². The second-order valence-corrected chi connectivity index (χ2v) is 1.31. The van der Waals surface area contributed by atoms with Crippen LogP contribution in [0.25, 0.3) is 0 Å². The van der Waals surface area contributed by atoms with E-state index in [0.29, 0.717) is 0 Å². The molecule has 0 heterocycles. The molecule has 30 valence electrons. The Morgan fingerprint density at radius 2 is 2.50 bits per heavy atom. The molecule has 4 heteroatoms. The zero-order valence-corrected chi connectivity index (χ0v) is 4.11. The van der Waals surface area contributed by atoms with Gasteiger partial charge in [-0.15, -0.1) is 0 Å². The highest BCUT2D eigenvalue weighted by Gasteiger charge is 1.81. The van der Waals surface area contributed by atoms with Crippen molar-refractivity contribution in [3.05, 3.63) is 0 Å². The molecular formula is C2H7B3O. The van der Waals surface area contributed by atoms with Crippen molar-refractivity contribution in [2.45, 2.75) is 6.32 Å². The van der Waals surface area contributed by atoms with Crippen molar-refractivity contribution in [1.29, 1.82) is 0 Å². The fourth-order valence-corrected chi connectivity index (χ4v) is 0.287. The molecule has 1 nitrogen and oxygen atoms in total. The zero-order valence-electron chi connectivity index (χ0n) is 4.11. The van der Waals surface area contributed by atoms with Crippen LogP contribution in [0.5, 0.6) is 0 Å². The highest BCUT2D eigenvalue weighted by molar-refractivity contribution is 7.24. The third-order valence-electron chi connectivity index (χ3n) is 0.676. The molecule has 0 atom stereocenters. The van der Waals surface area contributed by atoms with E-state index in [2.05, 4.69) is 7.74 Å². The lowest BCUT2D eigenvalue weighted by atomic mass is 9.27. The molecule has 0 aliphatic carbocycles. The molecule has 0 aliphatic heterocycles. The summed E-state index contributed by atoms with van der Waals surface area (Å²) < 4.78 is 0. The Labute approximate surface area is 40.4 Å². The Balaban J connectivity index is 2.49. The lowest BCUT2D eigenvalue weighted by Gasteiger charge is -1.72. The summed E-state index contributed by atoms with van der Waals surface area (Å²) in [5.74, 6) is 0. The number of carbonyl (C=O) groups is 1. The highest BCUT2D eigenvalue weighted by Crippen LogP contribution is 1.61. The predicted octanol–water partition coefficient (Wildman–Crippen LogP) is -2.06. The molecule has 0 aromatic carbocycles. The molecule has 0 bridgehead atoms. The van der Waals surface area contributed by atoms with Gasteiger partial charge in [-0.1, -0.05) is 0 Å². The van der Waals surface area contributed by atoms with E-state index in [-0.39, 0.29) is 0 Å². The summed E-state index contributed by atoms with van der Waals surface area (Å²) in [6.45, 7) is 0. The topological polar surface area (TPSA) is 17.1 Å².